The number of methoxy groups -OCH3 is 1. The van der Waals surface area contributed by atoms with E-state index >= 15 is 0 Å². The summed E-state index contributed by atoms with van der Waals surface area (Å²) in [4.78, 5) is 9.91. The maximum atomic E-state index is 5.51. The van der Waals surface area contributed by atoms with Crippen LogP contribution in [-0.4, -0.2) is 140 Å². The highest BCUT2D eigenvalue weighted by molar-refractivity contribution is 5.80. The number of rotatable bonds is 14. The second kappa shape index (κ2) is 22.6. The number of hydrogen-bond donors (Lipinski definition) is 1. The minimum atomic E-state index is 0.549. The Morgan fingerprint density at radius 1 is 0.675 bits per heavy atom. The molecule has 4 aliphatic rings. The lowest BCUT2D eigenvalue weighted by atomic mass is 9.95. The number of morpholine rings is 2. The van der Waals surface area contributed by atoms with Crippen molar-refractivity contribution < 1.29 is 28.4 Å². The minimum Gasteiger partial charge on any atom is -0.382 e. The van der Waals surface area contributed by atoms with Crippen molar-refractivity contribution in [3.05, 3.63) is 0 Å². The van der Waals surface area contributed by atoms with Gasteiger partial charge in [0.05, 0.1) is 78.7 Å². The zero-order valence-electron chi connectivity index (χ0n) is 25.3. The van der Waals surface area contributed by atoms with Crippen molar-refractivity contribution in [2.45, 2.75) is 76.3 Å². The summed E-state index contributed by atoms with van der Waals surface area (Å²) in [6.45, 7) is 12.8. The van der Waals surface area contributed by atoms with Gasteiger partial charge in [0.1, 0.15) is 0 Å². The standard InChI is InChI=1S/C17H31N3O.C13H27NO5/c1-3-7-15(8-4-1)18-17(20-11-13-21-14-12-20)19-16-9-5-2-6-10-16;1-15-8-9-18-12-13-19-11-10-17-7-4-14-2-5-16-6-3-14/h15-16H,1-14H2,(H,18,19);2-13H2,1H3. The molecule has 0 amide bonds. The zero-order chi connectivity index (χ0) is 27.9. The maximum Gasteiger partial charge on any atom is 0.194 e. The molecule has 0 aromatic rings. The molecule has 2 saturated carbocycles. The second-order valence-corrected chi connectivity index (χ2v) is 11.1. The molecule has 4 fully saturated rings. The van der Waals surface area contributed by atoms with Crippen LogP contribution in [0.1, 0.15) is 64.2 Å². The summed E-state index contributed by atoms with van der Waals surface area (Å²) < 4.78 is 31.8. The molecule has 2 aliphatic heterocycles. The monoisotopic (exact) mass is 570 g/mol. The molecule has 0 atom stereocenters. The van der Waals surface area contributed by atoms with E-state index in [0.717, 1.165) is 65.8 Å². The van der Waals surface area contributed by atoms with Gasteiger partial charge in [0.25, 0.3) is 0 Å². The average molecular weight is 571 g/mol. The quantitative estimate of drug-likeness (QED) is 0.192. The lowest BCUT2D eigenvalue weighted by Gasteiger charge is -2.34. The Bertz CT molecular complexity index is 619. The van der Waals surface area contributed by atoms with Crippen LogP contribution in [0.2, 0.25) is 0 Å². The van der Waals surface area contributed by atoms with E-state index in [4.69, 9.17) is 33.4 Å². The third kappa shape index (κ3) is 15.3. The van der Waals surface area contributed by atoms with Gasteiger partial charge in [-0.3, -0.25) is 4.90 Å². The highest BCUT2D eigenvalue weighted by Crippen LogP contribution is 2.22. The molecule has 234 valence electrons. The van der Waals surface area contributed by atoms with Gasteiger partial charge >= 0.3 is 0 Å². The largest absolute Gasteiger partial charge is 0.382 e. The highest BCUT2D eigenvalue weighted by atomic mass is 16.6. The van der Waals surface area contributed by atoms with Crippen molar-refractivity contribution in [2.75, 3.05) is 113 Å². The van der Waals surface area contributed by atoms with Crippen LogP contribution in [0, 0.1) is 0 Å². The van der Waals surface area contributed by atoms with E-state index < -0.39 is 0 Å². The molecule has 0 aromatic carbocycles. The topological polar surface area (TPSA) is 86.3 Å². The zero-order valence-corrected chi connectivity index (χ0v) is 25.3. The average Bonchev–Trinajstić information content (AvgIpc) is 3.02. The van der Waals surface area contributed by atoms with Gasteiger partial charge in [0, 0.05) is 45.9 Å². The Kier molecular flexibility index (Phi) is 18.9. The molecule has 0 spiro atoms. The smallest absolute Gasteiger partial charge is 0.194 e. The first-order valence-electron chi connectivity index (χ1n) is 16.0. The molecular formula is C30H58N4O6. The SMILES string of the molecule is C1CCC(N=C(NC2CCCCC2)N2CCOCC2)CC1.COCCOCCOCCOCCN1CCOCC1. The summed E-state index contributed by atoms with van der Waals surface area (Å²) in [5.41, 5.74) is 0. The predicted molar refractivity (Wildman–Crippen MR) is 158 cm³/mol. The number of nitrogens with one attached hydrogen (secondary N) is 1. The summed E-state index contributed by atoms with van der Waals surface area (Å²) in [5, 5.41) is 3.79. The van der Waals surface area contributed by atoms with E-state index in [-0.39, 0.29) is 0 Å². The van der Waals surface area contributed by atoms with E-state index in [9.17, 15) is 0 Å². The van der Waals surface area contributed by atoms with Gasteiger partial charge < -0.3 is 38.6 Å². The van der Waals surface area contributed by atoms with Crippen molar-refractivity contribution in [3.8, 4) is 0 Å². The van der Waals surface area contributed by atoms with Crippen molar-refractivity contribution in [1.82, 2.24) is 15.1 Å². The van der Waals surface area contributed by atoms with Crippen LogP contribution in [0.25, 0.3) is 0 Å². The molecule has 2 aliphatic carbocycles. The van der Waals surface area contributed by atoms with Gasteiger partial charge in [-0.25, -0.2) is 4.99 Å². The van der Waals surface area contributed by atoms with E-state index in [1.807, 2.05) is 0 Å². The molecule has 10 nitrogen and oxygen atoms in total. The molecular weight excluding hydrogens is 512 g/mol. The van der Waals surface area contributed by atoms with Crippen molar-refractivity contribution >= 4 is 5.96 Å². The summed E-state index contributed by atoms with van der Waals surface area (Å²) >= 11 is 0. The number of ether oxygens (including phenoxy) is 6. The van der Waals surface area contributed by atoms with E-state index in [1.165, 1.54) is 70.2 Å². The fraction of sp³-hybridized carbons (Fsp3) is 0.967. The molecule has 4 rings (SSSR count). The second-order valence-electron chi connectivity index (χ2n) is 11.1. The Balaban J connectivity index is 0.000000222. The van der Waals surface area contributed by atoms with Gasteiger partial charge in [-0.15, -0.1) is 0 Å². The van der Waals surface area contributed by atoms with Crippen LogP contribution in [-0.2, 0) is 28.4 Å². The summed E-state index contributed by atoms with van der Waals surface area (Å²) in [6, 6.07) is 1.19. The first-order valence-corrected chi connectivity index (χ1v) is 16.0. The lowest BCUT2D eigenvalue weighted by molar-refractivity contribution is -0.00721. The first kappa shape index (κ1) is 33.5. The van der Waals surface area contributed by atoms with Crippen LogP contribution in [0.5, 0.6) is 0 Å². The molecule has 0 unspecified atom stereocenters. The van der Waals surface area contributed by atoms with E-state index in [2.05, 4.69) is 15.1 Å². The first-order chi connectivity index (χ1) is 19.8. The predicted octanol–water partition coefficient (Wildman–Crippen LogP) is 2.94. The van der Waals surface area contributed by atoms with Gasteiger partial charge in [-0.05, 0) is 25.7 Å². The molecule has 2 saturated heterocycles. The third-order valence-corrected chi connectivity index (χ3v) is 7.96. The molecule has 40 heavy (non-hydrogen) atoms. The lowest BCUT2D eigenvalue weighted by Crippen LogP contribution is -2.51. The van der Waals surface area contributed by atoms with Crippen molar-refractivity contribution in [3.63, 3.8) is 0 Å². The van der Waals surface area contributed by atoms with Gasteiger partial charge in [-0.2, -0.15) is 0 Å². The van der Waals surface area contributed by atoms with Crippen molar-refractivity contribution in [2.24, 2.45) is 4.99 Å². The fourth-order valence-corrected chi connectivity index (χ4v) is 5.50. The molecule has 0 bridgehead atoms. The Morgan fingerprint density at radius 2 is 1.20 bits per heavy atom. The molecule has 10 heteroatoms. The van der Waals surface area contributed by atoms with E-state index in [0.29, 0.717) is 51.7 Å². The highest BCUT2D eigenvalue weighted by Gasteiger charge is 2.22. The number of nitrogens with zero attached hydrogens (tertiary/aromatic N) is 3. The normalized spacial score (nSPS) is 22.1. The summed E-state index contributed by atoms with van der Waals surface area (Å²) in [6.07, 6.45) is 13.4. The van der Waals surface area contributed by atoms with Crippen molar-refractivity contribution in [1.29, 1.82) is 0 Å². The Hall–Kier alpha value is -1.01. The molecule has 2 heterocycles. The molecule has 1 N–H and O–H groups in total. The number of hydrogen-bond acceptors (Lipinski definition) is 8. The van der Waals surface area contributed by atoms with E-state index in [1.54, 1.807) is 7.11 Å². The van der Waals surface area contributed by atoms with Gasteiger partial charge in [0.2, 0.25) is 0 Å². The Morgan fingerprint density at radius 3 is 1.80 bits per heavy atom. The summed E-state index contributed by atoms with van der Waals surface area (Å²) in [5.74, 6) is 1.18. The molecule has 0 radical (unpaired) electrons. The van der Waals surface area contributed by atoms with Gasteiger partial charge in [0.15, 0.2) is 5.96 Å². The van der Waals surface area contributed by atoms with Crippen LogP contribution < -0.4 is 5.32 Å². The number of aliphatic imine (C=N–C) groups is 1. The van der Waals surface area contributed by atoms with Gasteiger partial charge in [-0.1, -0.05) is 38.5 Å². The third-order valence-electron chi connectivity index (χ3n) is 7.96. The van der Waals surface area contributed by atoms with Crippen LogP contribution in [0.3, 0.4) is 0 Å². The fourth-order valence-electron chi connectivity index (χ4n) is 5.50. The maximum absolute atomic E-state index is 5.51. The minimum absolute atomic E-state index is 0.549. The Labute approximate surface area is 243 Å². The van der Waals surface area contributed by atoms with Crippen LogP contribution in [0.15, 0.2) is 4.99 Å². The number of guanidine groups is 1. The van der Waals surface area contributed by atoms with Crippen LogP contribution in [0.4, 0.5) is 0 Å². The van der Waals surface area contributed by atoms with Crippen LogP contribution >= 0.6 is 0 Å². The molecule has 0 aromatic heterocycles. The summed E-state index contributed by atoms with van der Waals surface area (Å²) in [7, 11) is 1.66.